The van der Waals surface area contributed by atoms with E-state index in [1.807, 2.05) is 60.7 Å². The molecule has 1 N–H and O–H groups in total. The van der Waals surface area contributed by atoms with Crippen LogP contribution in [0, 0.1) is 13.8 Å². The van der Waals surface area contributed by atoms with E-state index in [4.69, 9.17) is 9.72 Å². The number of para-hydroxylation sites is 3. The molecule has 0 aliphatic rings. The molecular formula is C28H29N3O2. The highest BCUT2D eigenvalue weighted by molar-refractivity contribution is 5.91. The molecule has 0 bridgehead atoms. The van der Waals surface area contributed by atoms with Gasteiger partial charge in [-0.2, -0.15) is 0 Å². The first-order valence-electron chi connectivity index (χ1n) is 11.3. The van der Waals surface area contributed by atoms with Crippen LogP contribution in [0.2, 0.25) is 0 Å². The molecular weight excluding hydrogens is 410 g/mol. The Hall–Kier alpha value is -3.86. The smallest absolute Gasteiger partial charge is 0.244 e. The van der Waals surface area contributed by atoms with Crippen LogP contribution in [0.15, 0.2) is 78.9 Å². The number of benzene rings is 3. The lowest BCUT2D eigenvalue weighted by atomic mass is 10.1. The number of amides is 1. The SMILES string of the molecule is Cc1cccc(C)c1OCCCn1c(CNC(=O)/C=C\c2ccccc2)nc2ccccc21. The molecule has 1 amide bonds. The van der Waals surface area contributed by atoms with Gasteiger partial charge in [0.15, 0.2) is 0 Å². The average molecular weight is 440 g/mol. The zero-order valence-electron chi connectivity index (χ0n) is 19.1. The van der Waals surface area contributed by atoms with Gasteiger partial charge in [0.2, 0.25) is 5.91 Å². The molecule has 0 aliphatic heterocycles. The van der Waals surface area contributed by atoms with Gasteiger partial charge >= 0.3 is 0 Å². The minimum absolute atomic E-state index is 0.143. The molecule has 0 fully saturated rings. The van der Waals surface area contributed by atoms with Crippen LogP contribution < -0.4 is 10.1 Å². The number of aryl methyl sites for hydroxylation is 3. The zero-order valence-corrected chi connectivity index (χ0v) is 19.1. The number of imidazole rings is 1. The maximum atomic E-state index is 12.3. The predicted molar refractivity (Wildman–Crippen MR) is 133 cm³/mol. The minimum atomic E-state index is -0.143. The fraction of sp³-hybridized carbons (Fsp3) is 0.214. The molecule has 0 unspecified atom stereocenters. The van der Waals surface area contributed by atoms with Crippen LogP contribution in [0.5, 0.6) is 5.75 Å². The van der Waals surface area contributed by atoms with E-state index in [1.54, 1.807) is 6.08 Å². The number of aromatic nitrogens is 2. The Morgan fingerprint density at radius 1 is 0.970 bits per heavy atom. The molecule has 0 saturated heterocycles. The van der Waals surface area contributed by atoms with Crippen LogP contribution in [0.4, 0.5) is 0 Å². The second kappa shape index (κ2) is 10.6. The van der Waals surface area contributed by atoms with Crippen molar-refractivity contribution < 1.29 is 9.53 Å². The summed E-state index contributed by atoms with van der Waals surface area (Å²) in [6.07, 6.45) is 4.20. The van der Waals surface area contributed by atoms with Gasteiger partial charge in [-0.05, 0) is 55.2 Å². The van der Waals surface area contributed by atoms with Crippen molar-refractivity contribution in [1.82, 2.24) is 14.9 Å². The Morgan fingerprint density at radius 3 is 2.48 bits per heavy atom. The van der Waals surface area contributed by atoms with E-state index >= 15 is 0 Å². The summed E-state index contributed by atoms with van der Waals surface area (Å²) in [5, 5.41) is 2.96. The van der Waals surface area contributed by atoms with Crippen molar-refractivity contribution in [2.24, 2.45) is 0 Å². The topological polar surface area (TPSA) is 56.1 Å². The number of nitrogens with one attached hydrogen (secondary N) is 1. The molecule has 0 radical (unpaired) electrons. The van der Waals surface area contributed by atoms with Crippen LogP contribution in [-0.4, -0.2) is 22.1 Å². The van der Waals surface area contributed by atoms with Crippen molar-refractivity contribution in [3.63, 3.8) is 0 Å². The molecule has 3 aromatic carbocycles. The molecule has 5 heteroatoms. The standard InChI is InChI=1S/C28H29N3O2/c1-21-10-8-11-22(2)28(21)33-19-9-18-31-25-15-7-6-14-24(25)30-26(31)20-29-27(32)17-16-23-12-4-3-5-13-23/h3-8,10-17H,9,18-20H2,1-2H3,(H,29,32)/b17-16-. The summed E-state index contributed by atoms with van der Waals surface area (Å²) in [4.78, 5) is 17.1. The van der Waals surface area contributed by atoms with Crippen molar-refractivity contribution in [1.29, 1.82) is 0 Å². The molecule has 4 rings (SSSR count). The van der Waals surface area contributed by atoms with E-state index in [0.29, 0.717) is 13.2 Å². The average Bonchev–Trinajstić information content (AvgIpc) is 3.19. The highest BCUT2D eigenvalue weighted by atomic mass is 16.5. The molecule has 0 saturated carbocycles. The van der Waals surface area contributed by atoms with Crippen molar-refractivity contribution in [3.05, 3.63) is 101 Å². The Labute approximate surface area is 194 Å². The van der Waals surface area contributed by atoms with Gasteiger partial charge in [0.25, 0.3) is 0 Å². The highest BCUT2D eigenvalue weighted by Crippen LogP contribution is 2.23. The molecule has 1 heterocycles. The van der Waals surface area contributed by atoms with E-state index in [0.717, 1.165) is 52.3 Å². The summed E-state index contributed by atoms with van der Waals surface area (Å²) in [6, 6.07) is 24.0. The number of hydrogen-bond acceptors (Lipinski definition) is 3. The summed E-state index contributed by atoms with van der Waals surface area (Å²) in [5.74, 6) is 1.66. The van der Waals surface area contributed by atoms with Gasteiger partial charge in [0.1, 0.15) is 11.6 Å². The molecule has 5 nitrogen and oxygen atoms in total. The molecule has 4 aromatic rings. The number of hydrogen-bond donors (Lipinski definition) is 1. The number of ether oxygens (including phenoxy) is 1. The second-order valence-electron chi connectivity index (χ2n) is 8.05. The van der Waals surface area contributed by atoms with Gasteiger partial charge in [-0.1, -0.05) is 60.7 Å². The lowest BCUT2D eigenvalue weighted by Gasteiger charge is -2.13. The minimum Gasteiger partial charge on any atom is -0.493 e. The molecule has 1 aromatic heterocycles. The maximum absolute atomic E-state index is 12.3. The van der Waals surface area contributed by atoms with Crippen LogP contribution >= 0.6 is 0 Å². The molecule has 0 aliphatic carbocycles. The van der Waals surface area contributed by atoms with Crippen molar-refractivity contribution >= 4 is 23.0 Å². The molecule has 0 atom stereocenters. The maximum Gasteiger partial charge on any atom is 0.244 e. The van der Waals surface area contributed by atoms with Crippen LogP contribution in [0.25, 0.3) is 17.1 Å². The largest absolute Gasteiger partial charge is 0.493 e. The third-order valence-corrected chi connectivity index (χ3v) is 5.56. The number of carbonyl (C=O) groups is 1. The van der Waals surface area contributed by atoms with E-state index in [-0.39, 0.29) is 5.91 Å². The zero-order chi connectivity index (χ0) is 23.0. The molecule has 0 spiro atoms. The summed E-state index contributed by atoms with van der Waals surface area (Å²) < 4.78 is 8.25. The molecule has 33 heavy (non-hydrogen) atoms. The fourth-order valence-electron chi connectivity index (χ4n) is 3.89. The monoisotopic (exact) mass is 439 g/mol. The summed E-state index contributed by atoms with van der Waals surface area (Å²) in [6.45, 7) is 5.88. The van der Waals surface area contributed by atoms with Crippen molar-refractivity contribution in [2.45, 2.75) is 33.4 Å². The van der Waals surface area contributed by atoms with E-state index in [9.17, 15) is 4.79 Å². The van der Waals surface area contributed by atoms with Crippen LogP contribution in [0.1, 0.15) is 28.9 Å². The first kappa shape index (κ1) is 22.3. The first-order chi connectivity index (χ1) is 16.1. The number of fused-ring (bicyclic) bond motifs is 1. The summed E-state index contributed by atoms with van der Waals surface area (Å²) in [5.41, 5.74) is 5.28. The Bertz CT molecular complexity index is 1240. The second-order valence-corrected chi connectivity index (χ2v) is 8.05. The summed E-state index contributed by atoms with van der Waals surface area (Å²) in [7, 11) is 0. The fourth-order valence-corrected chi connectivity index (χ4v) is 3.89. The van der Waals surface area contributed by atoms with E-state index in [2.05, 4.69) is 41.9 Å². The van der Waals surface area contributed by atoms with Gasteiger partial charge in [-0.3, -0.25) is 4.79 Å². The van der Waals surface area contributed by atoms with Gasteiger partial charge in [0, 0.05) is 12.6 Å². The molecule has 168 valence electrons. The van der Waals surface area contributed by atoms with E-state index < -0.39 is 0 Å². The quantitative estimate of drug-likeness (QED) is 0.279. The highest BCUT2D eigenvalue weighted by Gasteiger charge is 2.11. The van der Waals surface area contributed by atoms with E-state index in [1.165, 1.54) is 0 Å². The van der Waals surface area contributed by atoms with Gasteiger partial charge in [-0.15, -0.1) is 0 Å². The van der Waals surface area contributed by atoms with Crippen LogP contribution in [-0.2, 0) is 17.9 Å². The third kappa shape index (κ3) is 5.69. The van der Waals surface area contributed by atoms with Gasteiger partial charge in [0.05, 0.1) is 24.2 Å². The third-order valence-electron chi connectivity index (χ3n) is 5.56. The predicted octanol–water partition coefficient (Wildman–Crippen LogP) is 5.45. The normalized spacial score (nSPS) is 11.2. The Morgan fingerprint density at radius 2 is 1.70 bits per heavy atom. The lowest BCUT2D eigenvalue weighted by Crippen LogP contribution is -2.23. The van der Waals surface area contributed by atoms with Gasteiger partial charge < -0.3 is 14.6 Å². The van der Waals surface area contributed by atoms with Crippen LogP contribution in [0.3, 0.4) is 0 Å². The van der Waals surface area contributed by atoms with Crippen molar-refractivity contribution in [3.8, 4) is 5.75 Å². The Balaban J connectivity index is 1.40. The lowest BCUT2D eigenvalue weighted by molar-refractivity contribution is -0.116. The Kier molecular flexibility index (Phi) is 7.20. The summed E-state index contributed by atoms with van der Waals surface area (Å²) >= 11 is 0. The number of nitrogens with zero attached hydrogens (tertiary/aromatic N) is 2. The first-order valence-corrected chi connectivity index (χ1v) is 11.3. The number of rotatable bonds is 9. The van der Waals surface area contributed by atoms with Gasteiger partial charge in [-0.25, -0.2) is 4.98 Å². The van der Waals surface area contributed by atoms with Crippen molar-refractivity contribution in [2.75, 3.05) is 6.61 Å². The number of carbonyl (C=O) groups excluding carboxylic acids is 1.